The number of anilines is 1. The first-order valence-corrected chi connectivity index (χ1v) is 11.5. The quantitative estimate of drug-likeness (QED) is 0.371. The summed E-state index contributed by atoms with van der Waals surface area (Å²) in [6, 6.07) is 0. The van der Waals surface area contributed by atoms with Gasteiger partial charge in [0.15, 0.2) is 23.2 Å². The molecular weight excluding hydrogens is 441 g/mol. The Labute approximate surface area is 175 Å². The standard InChI is InChI=1S/C16H21ClN5O7P/c17-15-19-12(21-16(6-24)3-1-2-4-16)9-13(20-15)22(7-18-9)14-11-10(8(5-23)27-14)28-30(25,26)29-11/h7-8,10-11,14,23-24H,1-6H2,(H,25,26)(H,19,20,21)/t8-,10-,11-,14-/m1/s1. The van der Waals surface area contributed by atoms with Crippen LogP contribution in [0.5, 0.6) is 0 Å². The van der Waals surface area contributed by atoms with Crippen molar-refractivity contribution in [1.82, 2.24) is 19.5 Å². The first-order chi connectivity index (χ1) is 14.3. The second kappa shape index (κ2) is 7.35. The molecule has 30 heavy (non-hydrogen) atoms. The highest BCUT2D eigenvalue weighted by molar-refractivity contribution is 7.47. The molecule has 1 saturated carbocycles. The van der Waals surface area contributed by atoms with Crippen LogP contribution >= 0.6 is 19.4 Å². The summed E-state index contributed by atoms with van der Waals surface area (Å²) in [5.74, 6) is 0.379. The van der Waals surface area contributed by atoms with Crippen LogP contribution in [0.15, 0.2) is 6.33 Å². The van der Waals surface area contributed by atoms with Crippen molar-refractivity contribution in [2.45, 2.75) is 55.8 Å². The first kappa shape index (κ1) is 20.5. The highest BCUT2D eigenvalue weighted by atomic mass is 35.5. The lowest BCUT2D eigenvalue weighted by molar-refractivity contribution is -0.0589. The minimum atomic E-state index is -4.25. The van der Waals surface area contributed by atoms with Gasteiger partial charge in [-0.2, -0.15) is 9.97 Å². The molecule has 2 aliphatic heterocycles. The number of nitrogens with zero attached hydrogens (tertiary/aromatic N) is 4. The largest absolute Gasteiger partial charge is 0.473 e. The summed E-state index contributed by atoms with van der Waals surface area (Å²) < 4.78 is 29.4. The van der Waals surface area contributed by atoms with E-state index in [1.54, 1.807) is 0 Å². The number of aliphatic hydroxyl groups excluding tert-OH is 2. The van der Waals surface area contributed by atoms with Crippen LogP contribution in [0.25, 0.3) is 11.2 Å². The van der Waals surface area contributed by atoms with Crippen molar-refractivity contribution in [3.05, 3.63) is 11.6 Å². The number of hydrogen-bond acceptors (Lipinski definition) is 10. The van der Waals surface area contributed by atoms with Crippen molar-refractivity contribution in [2.75, 3.05) is 18.5 Å². The Morgan fingerprint density at radius 2 is 2.00 bits per heavy atom. The van der Waals surface area contributed by atoms with Gasteiger partial charge in [0.1, 0.15) is 18.3 Å². The van der Waals surface area contributed by atoms with Gasteiger partial charge in [-0.25, -0.2) is 9.55 Å². The number of hydrogen-bond donors (Lipinski definition) is 4. The van der Waals surface area contributed by atoms with Gasteiger partial charge < -0.3 is 25.2 Å². The van der Waals surface area contributed by atoms with Gasteiger partial charge in [0.2, 0.25) is 5.28 Å². The molecule has 1 aliphatic carbocycles. The predicted molar refractivity (Wildman–Crippen MR) is 103 cm³/mol. The third-order valence-corrected chi connectivity index (χ3v) is 7.08. The van der Waals surface area contributed by atoms with Crippen LogP contribution in [0, 0.1) is 0 Å². The number of rotatable bonds is 5. The van der Waals surface area contributed by atoms with E-state index in [2.05, 4.69) is 20.3 Å². The molecule has 3 aliphatic rings. The topological polar surface area (TPSA) is 161 Å². The van der Waals surface area contributed by atoms with E-state index in [4.69, 9.17) is 25.4 Å². The Balaban J connectivity index is 1.54. The summed E-state index contributed by atoms with van der Waals surface area (Å²) in [6.45, 7) is -0.476. The van der Waals surface area contributed by atoms with Crippen molar-refractivity contribution in [2.24, 2.45) is 0 Å². The first-order valence-electron chi connectivity index (χ1n) is 9.60. The van der Waals surface area contributed by atoms with Crippen molar-refractivity contribution in [3.63, 3.8) is 0 Å². The maximum absolute atomic E-state index is 11.9. The number of imidazole rings is 1. The lowest BCUT2D eigenvalue weighted by Crippen LogP contribution is -2.39. The normalized spacial score (nSPS) is 35.2. The Bertz CT molecular complexity index is 1020. The number of phosphoric ester groups is 1. The van der Waals surface area contributed by atoms with Crippen LogP contribution in [0.3, 0.4) is 0 Å². The molecule has 2 saturated heterocycles. The minimum Gasteiger partial charge on any atom is -0.394 e. The fourth-order valence-electron chi connectivity index (χ4n) is 4.44. The molecule has 0 aromatic carbocycles. The molecule has 4 heterocycles. The van der Waals surface area contributed by atoms with Gasteiger partial charge in [0.25, 0.3) is 0 Å². The van der Waals surface area contributed by atoms with Crippen LogP contribution in [0.1, 0.15) is 31.9 Å². The third kappa shape index (κ3) is 3.32. The highest BCUT2D eigenvalue weighted by Gasteiger charge is 2.57. The summed E-state index contributed by atoms with van der Waals surface area (Å²) in [4.78, 5) is 22.6. The van der Waals surface area contributed by atoms with E-state index in [9.17, 15) is 19.7 Å². The molecule has 2 aromatic rings. The summed E-state index contributed by atoms with van der Waals surface area (Å²) in [5, 5.41) is 22.7. The minimum absolute atomic E-state index is 0.0393. The van der Waals surface area contributed by atoms with Crippen LogP contribution in [0.2, 0.25) is 5.28 Å². The van der Waals surface area contributed by atoms with Crippen molar-refractivity contribution in [1.29, 1.82) is 0 Å². The number of aromatic nitrogens is 4. The van der Waals surface area contributed by atoms with Gasteiger partial charge in [0.05, 0.1) is 25.1 Å². The zero-order valence-electron chi connectivity index (χ0n) is 15.7. The summed E-state index contributed by atoms with van der Waals surface area (Å²) in [7, 11) is -4.25. The van der Waals surface area contributed by atoms with Crippen LogP contribution in [-0.4, -0.2) is 71.7 Å². The Morgan fingerprint density at radius 1 is 1.27 bits per heavy atom. The van der Waals surface area contributed by atoms with E-state index in [0.29, 0.717) is 17.0 Å². The predicted octanol–water partition coefficient (Wildman–Crippen LogP) is 0.971. The van der Waals surface area contributed by atoms with Crippen molar-refractivity contribution < 1.29 is 33.5 Å². The number of nitrogens with one attached hydrogen (secondary N) is 1. The molecule has 12 nitrogen and oxygen atoms in total. The van der Waals surface area contributed by atoms with E-state index in [1.165, 1.54) is 10.9 Å². The van der Waals surface area contributed by atoms with E-state index >= 15 is 0 Å². The molecule has 0 amide bonds. The highest BCUT2D eigenvalue weighted by Crippen LogP contribution is 2.58. The lowest BCUT2D eigenvalue weighted by Gasteiger charge is -2.28. The average molecular weight is 462 g/mol. The maximum atomic E-state index is 11.9. The van der Waals surface area contributed by atoms with Gasteiger partial charge >= 0.3 is 7.82 Å². The van der Waals surface area contributed by atoms with E-state index in [1.807, 2.05) is 0 Å². The summed E-state index contributed by atoms with van der Waals surface area (Å²) >= 11 is 6.16. The van der Waals surface area contributed by atoms with E-state index < -0.39 is 44.5 Å². The van der Waals surface area contributed by atoms with Crippen LogP contribution in [-0.2, 0) is 18.3 Å². The van der Waals surface area contributed by atoms with Crippen LogP contribution in [0.4, 0.5) is 5.82 Å². The van der Waals surface area contributed by atoms with Gasteiger partial charge in [-0.1, -0.05) is 12.8 Å². The second-order valence-electron chi connectivity index (χ2n) is 7.79. The van der Waals surface area contributed by atoms with Gasteiger partial charge in [0, 0.05) is 0 Å². The Kier molecular flexibility index (Phi) is 5.03. The zero-order chi connectivity index (χ0) is 21.1. The molecular formula is C16H21ClN5O7P. The fraction of sp³-hybridized carbons (Fsp3) is 0.688. The smallest absolute Gasteiger partial charge is 0.394 e. The third-order valence-electron chi connectivity index (χ3n) is 5.89. The molecule has 0 radical (unpaired) electrons. The molecule has 0 bridgehead atoms. The van der Waals surface area contributed by atoms with Crippen molar-refractivity contribution >= 4 is 36.4 Å². The molecule has 2 aromatic heterocycles. The fourth-order valence-corrected chi connectivity index (χ4v) is 5.75. The molecule has 1 unspecified atom stereocenters. The lowest BCUT2D eigenvalue weighted by atomic mass is 9.99. The average Bonchev–Trinajstić information content (AvgIpc) is 3.45. The van der Waals surface area contributed by atoms with E-state index in [0.717, 1.165) is 25.7 Å². The molecule has 4 N–H and O–H groups in total. The molecule has 5 rings (SSSR count). The maximum Gasteiger partial charge on any atom is 0.473 e. The summed E-state index contributed by atoms with van der Waals surface area (Å²) in [5.41, 5.74) is 0.212. The summed E-state index contributed by atoms with van der Waals surface area (Å²) in [6.07, 6.45) is 1.36. The number of ether oxygens (including phenoxy) is 1. The van der Waals surface area contributed by atoms with Gasteiger partial charge in [-0.05, 0) is 24.4 Å². The second-order valence-corrected chi connectivity index (χ2v) is 9.49. The Morgan fingerprint density at radius 3 is 2.70 bits per heavy atom. The van der Waals surface area contributed by atoms with Crippen LogP contribution < -0.4 is 5.32 Å². The zero-order valence-corrected chi connectivity index (χ0v) is 17.4. The number of fused-ring (bicyclic) bond motifs is 2. The number of halogens is 1. The van der Waals surface area contributed by atoms with Crippen molar-refractivity contribution in [3.8, 4) is 0 Å². The molecule has 3 fully saturated rings. The number of phosphoric acid groups is 1. The number of aliphatic hydroxyl groups is 2. The SMILES string of the molecule is O=P1(O)O[C@@H]2[C@H](O1)[C@@H](CO)O[C@H]2n1cnc2c(NC3(CO)CCCC3)nc(Cl)nc21. The monoisotopic (exact) mass is 461 g/mol. The molecule has 0 spiro atoms. The van der Waals surface area contributed by atoms with Gasteiger partial charge in [-0.3, -0.25) is 13.6 Å². The molecule has 5 atom stereocenters. The molecule has 14 heteroatoms. The van der Waals surface area contributed by atoms with E-state index in [-0.39, 0.29) is 11.9 Å². The van der Waals surface area contributed by atoms with Gasteiger partial charge in [-0.15, -0.1) is 0 Å². The molecule has 164 valence electrons. The Hall–Kier alpha value is -1.37.